The van der Waals surface area contributed by atoms with E-state index in [4.69, 9.17) is 26.6 Å². The number of aryl methyl sites for hydroxylation is 3. The van der Waals surface area contributed by atoms with Crippen molar-refractivity contribution < 1.29 is 14.4 Å². The number of amidine groups is 2. The Hall–Kier alpha value is -3.32. The van der Waals surface area contributed by atoms with Gasteiger partial charge in [-0.15, -0.1) is 5.06 Å². The maximum Gasteiger partial charge on any atom is 0.283 e. The number of ether oxygens (including phenoxy) is 1. The van der Waals surface area contributed by atoms with E-state index in [0.29, 0.717) is 24.7 Å². The second-order valence-electron chi connectivity index (χ2n) is 7.52. The van der Waals surface area contributed by atoms with Crippen molar-refractivity contribution in [1.29, 1.82) is 5.41 Å². The van der Waals surface area contributed by atoms with Gasteiger partial charge in [-0.1, -0.05) is 11.6 Å². The number of hydrogen-bond donors (Lipinski definition) is 1. The normalized spacial score (nSPS) is 16.9. The lowest BCUT2D eigenvalue weighted by Crippen LogP contribution is -2.38. The van der Waals surface area contributed by atoms with Crippen molar-refractivity contribution in [3.8, 4) is 5.75 Å². The summed E-state index contributed by atoms with van der Waals surface area (Å²) in [5.41, 5.74) is 2.99. The first-order chi connectivity index (χ1) is 14.8. The summed E-state index contributed by atoms with van der Waals surface area (Å²) in [6.07, 6.45) is 6.02. The van der Waals surface area contributed by atoms with Crippen molar-refractivity contribution in [3.05, 3.63) is 69.7 Å². The summed E-state index contributed by atoms with van der Waals surface area (Å²) in [4.78, 5) is 21.9. The van der Waals surface area contributed by atoms with E-state index in [2.05, 4.69) is 4.99 Å². The zero-order chi connectivity index (χ0) is 22.1. The second kappa shape index (κ2) is 8.43. The molecule has 0 fully saturated rings. The van der Waals surface area contributed by atoms with Gasteiger partial charge in [-0.2, -0.15) is 4.99 Å². The minimum Gasteiger partial charge on any atom is -0.494 e. The van der Waals surface area contributed by atoms with E-state index in [1.165, 1.54) is 5.06 Å². The molecule has 3 heterocycles. The molecule has 0 aliphatic carbocycles. The smallest absolute Gasteiger partial charge is 0.283 e. The lowest BCUT2D eigenvalue weighted by molar-refractivity contribution is -0.114. The maximum absolute atomic E-state index is 12.4. The number of hydroxylamine groups is 2. The van der Waals surface area contributed by atoms with Crippen molar-refractivity contribution in [2.24, 2.45) is 4.99 Å². The fraction of sp³-hybridized carbons (Fsp3) is 0.261. The standard InChI is InChI=1S/C23H23ClN4O3/c1-14-10-18(11-15(2)21(14)24)30-9-5-8-27-7-4-6-17(27)13-19-22(25)28-20(26-23(19)29)12-16(3)31-28/h4,6-7,10-13,25H,5,8-9H2,1-3H3/b19-13-,25-22?. The number of rotatable bonds is 6. The zero-order valence-corrected chi connectivity index (χ0v) is 18.4. The molecule has 31 heavy (non-hydrogen) atoms. The van der Waals surface area contributed by atoms with Gasteiger partial charge in [0.25, 0.3) is 5.91 Å². The van der Waals surface area contributed by atoms with Gasteiger partial charge >= 0.3 is 0 Å². The number of carbonyl (C=O) groups is 1. The predicted octanol–water partition coefficient (Wildman–Crippen LogP) is 4.68. The summed E-state index contributed by atoms with van der Waals surface area (Å²) in [7, 11) is 0. The number of aromatic nitrogens is 1. The Morgan fingerprint density at radius 2 is 2.00 bits per heavy atom. The van der Waals surface area contributed by atoms with Gasteiger partial charge in [0.2, 0.25) is 0 Å². The van der Waals surface area contributed by atoms with Gasteiger partial charge in [0.05, 0.1) is 12.2 Å². The molecule has 0 saturated heterocycles. The third-order valence-corrected chi connectivity index (χ3v) is 5.66. The first-order valence-corrected chi connectivity index (χ1v) is 10.4. The van der Waals surface area contributed by atoms with Crippen LogP contribution in [0.1, 0.15) is 30.2 Å². The molecule has 8 heteroatoms. The van der Waals surface area contributed by atoms with E-state index in [1.54, 1.807) is 19.1 Å². The molecule has 1 aromatic heterocycles. The number of nitrogens with one attached hydrogen (secondary N) is 1. The third-order valence-electron chi connectivity index (χ3n) is 5.06. The van der Waals surface area contributed by atoms with Crippen molar-refractivity contribution >= 4 is 35.3 Å². The number of hydrogen-bond acceptors (Lipinski definition) is 4. The third kappa shape index (κ3) is 4.27. The predicted molar refractivity (Wildman–Crippen MR) is 120 cm³/mol. The molecule has 0 bridgehead atoms. The molecular weight excluding hydrogens is 416 g/mol. The molecule has 7 nitrogen and oxygen atoms in total. The van der Waals surface area contributed by atoms with E-state index in [9.17, 15) is 4.79 Å². The molecular formula is C23H23ClN4O3. The largest absolute Gasteiger partial charge is 0.494 e. The van der Waals surface area contributed by atoms with Gasteiger partial charge in [-0.3, -0.25) is 10.2 Å². The van der Waals surface area contributed by atoms with Crippen LogP contribution in [0.3, 0.4) is 0 Å². The number of fused-ring (bicyclic) bond motifs is 1. The van der Waals surface area contributed by atoms with Crippen LogP contribution < -0.4 is 4.74 Å². The van der Waals surface area contributed by atoms with Crippen LogP contribution in [-0.2, 0) is 16.2 Å². The highest BCUT2D eigenvalue weighted by Crippen LogP contribution is 2.26. The number of carbonyl (C=O) groups excluding carboxylic acids is 1. The fourth-order valence-corrected chi connectivity index (χ4v) is 3.63. The van der Waals surface area contributed by atoms with Crippen LogP contribution in [0.15, 0.2) is 52.9 Å². The van der Waals surface area contributed by atoms with Crippen molar-refractivity contribution in [2.75, 3.05) is 6.61 Å². The molecule has 2 aliphatic heterocycles. The van der Waals surface area contributed by atoms with Gasteiger partial charge in [0, 0.05) is 29.5 Å². The molecule has 160 valence electrons. The molecule has 0 atom stereocenters. The van der Waals surface area contributed by atoms with Crippen LogP contribution in [0, 0.1) is 19.3 Å². The number of nitrogens with zero attached hydrogens (tertiary/aromatic N) is 3. The summed E-state index contributed by atoms with van der Waals surface area (Å²) >= 11 is 6.21. The van der Waals surface area contributed by atoms with E-state index in [-0.39, 0.29) is 11.4 Å². The highest BCUT2D eigenvalue weighted by atomic mass is 35.5. The van der Waals surface area contributed by atoms with Gasteiger partial charge in [0.1, 0.15) is 11.5 Å². The van der Waals surface area contributed by atoms with Crippen molar-refractivity contribution in [3.63, 3.8) is 0 Å². The quantitative estimate of drug-likeness (QED) is 0.524. The fourth-order valence-electron chi connectivity index (χ4n) is 3.52. The van der Waals surface area contributed by atoms with Gasteiger partial charge in [-0.25, -0.2) is 0 Å². The number of aliphatic imine (C=N–C) groups is 1. The Morgan fingerprint density at radius 1 is 1.26 bits per heavy atom. The maximum atomic E-state index is 12.4. The Morgan fingerprint density at radius 3 is 2.74 bits per heavy atom. The highest BCUT2D eigenvalue weighted by Gasteiger charge is 2.34. The summed E-state index contributed by atoms with van der Waals surface area (Å²) in [6, 6.07) is 7.68. The van der Waals surface area contributed by atoms with Crippen LogP contribution in [0.4, 0.5) is 0 Å². The van der Waals surface area contributed by atoms with Crippen molar-refractivity contribution in [1.82, 2.24) is 9.63 Å². The summed E-state index contributed by atoms with van der Waals surface area (Å²) < 4.78 is 7.90. The van der Waals surface area contributed by atoms with Gasteiger partial charge in [0.15, 0.2) is 11.7 Å². The summed E-state index contributed by atoms with van der Waals surface area (Å²) in [5.74, 6) is 1.26. The van der Waals surface area contributed by atoms with Crippen LogP contribution in [0.25, 0.3) is 6.08 Å². The Bertz CT molecular complexity index is 1140. The lowest BCUT2D eigenvalue weighted by atomic mass is 10.1. The molecule has 2 aliphatic rings. The van der Waals surface area contributed by atoms with Crippen LogP contribution in [0.2, 0.25) is 5.02 Å². The molecule has 0 spiro atoms. The zero-order valence-electron chi connectivity index (χ0n) is 17.6. The Labute approximate surface area is 185 Å². The first-order valence-electron chi connectivity index (χ1n) is 9.98. The number of benzene rings is 1. The van der Waals surface area contributed by atoms with Gasteiger partial charge in [-0.05, 0) is 68.7 Å². The Kier molecular flexibility index (Phi) is 5.69. The van der Waals surface area contributed by atoms with Crippen LogP contribution >= 0.6 is 11.6 Å². The molecule has 4 rings (SSSR count). The number of amides is 1. The van der Waals surface area contributed by atoms with E-state index >= 15 is 0 Å². The molecule has 2 aromatic rings. The first kappa shape index (κ1) is 20.9. The average molecular weight is 439 g/mol. The average Bonchev–Trinajstić information content (AvgIpc) is 3.32. The van der Waals surface area contributed by atoms with E-state index in [0.717, 1.165) is 34.0 Å². The van der Waals surface area contributed by atoms with E-state index in [1.807, 2.05) is 48.9 Å². The topological polar surface area (TPSA) is 79.9 Å². The lowest BCUT2D eigenvalue weighted by Gasteiger charge is -2.23. The van der Waals surface area contributed by atoms with E-state index < -0.39 is 5.91 Å². The minimum absolute atomic E-state index is 0.0207. The molecule has 1 amide bonds. The summed E-state index contributed by atoms with van der Waals surface area (Å²) in [6.45, 7) is 6.92. The van der Waals surface area contributed by atoms with Crippen LogP contribution in [-0.4, -0.2) is 33.8 Å². The molecule has 0 unspecified atom stereocenters. The van der Waals surface area contributed by atoms with Gasteiger partial charge < -0.3 is 14.1 Å². The highest BCUT2D eigenvalue weighted by molar-refractivity contribution is 6.32. The molecule has 0 saturated carbocycles. The number of halogens is 1. The monoisotopic (exact) mass is 438 g/mol. The molecule has 1 aromatic carbocycles. The Balaban J connectivity index is 1.41. The minimum atomic E-state index is -0.449. The summed E-state index contributed by atoms with van der Waals surface area (Å²) in [5, 5.41) is 10.4. The van der Waals surface area contributed by atoms with Crippen LogP contribution in [0.5, 0.6) is 5.75 Å². The van der Waals surface area contributed by atoms with Crippen molar-refractivity contribution in [2.45, 2.75) is 33.7 Å². The molecule has 0 radical (unpaired) electrons. The molecule has 1 N–H and O–H groups in total. The number of allylic oxidation sites excluding steroid dienone is 1. The SMILES string of the molecule is CC1=CC2=NC(=O)/C(=C\c3cccn3CCCOc3cc(C)c(Cl)c(C)c3)C(=N)N2O1. The second-order valence-corrected chi connectivity index (χ2v) is 7.90.